The normalized spacial score (nSPS) is 37.6. The standard InChI is InChI=1S/C11H14F2N2O6/c1-5(12)11(20)7(18)10(13,4-16)21-8(11)15-3-2-6(17)14-9(15)19/h2-3,5,7-8,16,18,20H,4H2,1H3,(H,14,17,19)/t5-,7-,8-,10-,11-/m1/s1. The van der Waals surface area contributed by atoms with Gasteiger partial charge in [0.2, 0.25) is 0 Å². The lowest BCUT2D eigenvalue weighted by Crippen LogP contribution is -2.56. The van der Waals surface area contributed by atoms with E-state index in [2.05, 4.69) is 4.74 Å². The average molecular weight is 308 g/mol. The average Bonchev–Trinajstić information content (AvgIpc) is 2.62. The number of aliphatic hydroxyl groups is 3. The lowest BCUT2D eigenvalue weighted by Gasteiger charge is -2.32. The predicted octanol–water partition coefficient (Wildman–Crippen LogP) is -1.83. The Morgan fingerprint density at radius 2 is 2.19 bits per heavy atom. The third-order valence-corrected chi connectivity index (χ3v) is 3.51. The number of halogens is 2. The van der Waals surface area contributed by atoms with Crippen molar-refractivity contribution in [1.29, 1.82) is 0 Å². The first-order chi connectivity index (χ1) is 9.66. The minimum absolute atomic E-state index is 0.525. The number of hydrogen-bond donors (Lipinski definition) is 4. The second-order valence-corrected chi connectivity index (χ2v) is 4.84. The van der Waals surface area contributed by atoms with Crippen LogP contribution in [0.2, 0.25) is 0 Å². The van der Waals surface area contributed by atoms with Gasteiger partial charge in [0.15, 0.2) is 17.9 Å². The third kappa shape index (κ3) is 2.20. The molecule has 21 heavy (non-hydrogen) atoms. The molecule has 0 radical (unpaired) electrons. The highest BCUT2D eigenvalue weighted by molar-refractivity contribution is 5.09. The molecular weight excluding hydrogens is 294 g/mol. The van der Waals surface area contributed by atoms with Crippen LogP contribution in [0.3, 0.4) is 0 Å². The van der Waals surface area contributed by atoms with Crippen LogP contribution in [0.1, 0.15) is 13.2 Å². The third-order valence-electron chi connectivity index (χ3n) is 3.51. The van der Waals surface area contributed by atoms with E-state index < -0.39 is 47.8 Å². The summed E-state index contributed by atoms with van der Waals surface area (Å²) in [5.41, 5.74) is -4.69. The summed E-state index contributed by atoms with van der Waals surface area (Å²) in [6.07, 6.45) is -5.78. The number of nitrogens with one attached hydrogen (secondary N) is 1. The van der Waals surface area contributed by atoms with Crippen LogP contribution in [-0.4, -0.2) is 55.2 Å². The fraction of sp³-hybridized carbons (Fsp3) is 0.636. The van der Waals surface area contributed by atoms with Crippen molar-refractivity contribution >= 4 is 0 Å². The first kappa shape index (κ1) is 15.8. The van der Waals surface area contributed by atoms with Gasteiger partial charge in [0.05, 0.1) is 0 Å². The van der Waals surface area contributed by atoms with Crippen molar-refractivity contribution < 1.29 is 28.8 Å². The van der Waals surface area contributed by atoms with E-state index in [0.717, 1.165) is 19.2 Å². The summed E-state index contributed by atoms with van der Waals surface area (Å²) < 4.78 is 33.1. The zero-order valence-electron chi connectivity index (χ0n) is 10.9. The molecule has 1 aliphatic heterocycles. The van der Waals surface area contributed by atoms with Crippen LogP contribution in [0.15, 0.2) is 21.9 Å². The SMILES string of the molecule is C[C@@H](F)[C@]1(O)[C@H](n2ccc(=O)[nH]c2=O)O[C@](F)(CO)[C@H]1O. The summed E-state index contributed by atoms with van der Waals surface area (Å²) in [5.74, 6) is -3.16. The van der Waals surface area contributed by atoms with Crippen molar-refractivity contribution in [2.45, 2.75) is 36.9 Å². The van der Waals surface area contributed by atoms with Crippen LogP contribution in [0.25, 0.3) is 0 Å². The van der Waals surface area contributed by atoms with Crippen LogP contribution in [0.5, 0.6) is 0 Å². The van der Waals surface area contributed by atoms with Crippen molar-refractivity contribution in [3.8, 4) is 0 Å². The van der Waals surface area contributed by atoms with Gasteiger partial charge in [-0.1, -0.05) is 0 Å². The summed E-state index contributed by atoms with van der Waals surface area (Å²) in [6, 6.07) is 0.873. The molecule has 0 spiro atoms. The number of aliphatic hydroxyl groups excluding tert-OH is 2. The molecule has 1 fully saturated rings. The van der Waals surface area contributed by atoms with Crippen molar-refractivity contribution in [2.24, 2.45) is 0 Å². The maximum Gasteiger partial charge on any atom is 0.330 e. The Bertz CT molecular complexity index is 646. The first-order valence-corrected chi connectivity index (χ1v) is 6.00. The van der Waals surface area contributed by atoms with Crippen LogP contribution in [0.4, 0.5) is 8.78 Å². The molecule has 118 valence electrons. The van der Waals surface area contributed by atoms with E-state index in [1.54, 1.807) is 0 Å². The number of aromatic nitrogens is 2. The van der Waals surface area contributed by atoms with E-state index >= 15 is 0 Å². The summed E-state index contributed by atoms with van der Waals surface area (Å²) in [7, 11) is 0. The van der Waals surface area contributed by atoms with Gasteiger partial charge in [0, 0.05) is 12.3 Å². The molecule has 0 unspecified atom stereocenters. The van der Waals surface area contributed by atoms with Crippen LogP contribution in [0, 0.1) is 0 Å². The van der Waals surface area contributed by atoms with Gasteiger partial charge in [-0.3, -0.25) is 14.3 Å². The minimum Gasteiger partial charge on any atom is -0.390 e. The number of alkyl halides is 2. The van der Waals surface area contributed by atoms with Gasteiger partial charge < -0.3 is 20.1 Å². The molecule has 0 amide bonds. The van der Waals surface area contributed by atoms with E-state index in [0.29, 0.717) is 4.57 Å². The Balaban J connectivity index is 2.60. The summed E-state index contributed by atoms with van der Waals surface area (Å²) in [6.45, 7) is -0.531. The van der Waals surface area contributed by atoms with E-state index in [4.69, 9.17) is 5.11 Å². The van der Waals surface area contributed by atoms with E-state index in [9.17, 15) is 28.6 Å². The number of aromatic amines is 1. The fourth-order valence-electron chi connectivity index (χ4n) is 2.25. The lowest BCUT2D eigenvalue weighted by molar-refractivity contribution is -0.207. The molecule has 1 aromatic rings. The zero-order chi connectivity index (χ0) is 16.0. The Labute approximate surface area is 116 Å². The number of ether oxygens (including phenoxy) is 1. The van der Waals surface area contributed by atoms with Gasteiger partial charge in [-0.05, 0) is 6.92 Å². The fourth-order valence-corrected chi connectivity index (χ4v) is 2.25. The monoisotopic (exact) mass is 308 g/mol. The van der Waals surface area contributed by atoms with Crippen molar-refractivity contribution in [1.82, 2.24) is 9.55 Å². The molecule has 0 aromatic carbocycles. The Morgan fingerprint density at radius 1 is 1.57 bits per heavy atom. The van der Waals surface area contributed by atoms with Crippen molar-refractivity contribution in [3.63, 3.8) is 0 Å². The van der Waals surface area contributed by atoms with Crippen LogP contribution < -0.4 is 11.2 Å². The molecule has 1 saturated heterocycles. The topological polar surface area (TPSA) is 125 Å². The van der Waals surface area contributed by atoms with Crippen molar-refractivity contribution in [2.75, 3.05) is 6.61 Å². The van der Waals surface area contributed by atoms with E-state index in [1.807, 2.05) is 4.98 Å². The van der Waals surface area contributed by atoms with Gasteiger partial charge in [-0.2, -0.15) is 0 Å². The molecule has 2 heterocycles. The molecule has 10 heteroatoms. The summed E-state index contributed by atoms with van der Waals surface area (Å²) in [4.78, 5) is 24.5. The smallest absolute Gasteiger partial charge is 0.330 e. The lowest BCUT2D eigenvalue weighted by atomic mass is 9.89. The molecule has 2 rings (SSSR count). The molecule has 8 nitrogen and oxygen atoms in total. The van der Waals surface area contributed by atoms with E-state index in [-0.39, 0.29) is 0 Å². The molecule has 1 aromatic heterocycles. The second-order valence-electron chi connectivity index (χ2n) is 4.84. The highest BCUT2D eigenvalue weighted by Gasteiger charge is 2.67. The molecule has 1 aliphatic rings. The van der Waals surface area contributed by atoms with E-state index in [1.165, 1.54) is 0 Å². The number of rotatable bonds is 3. The minimum atomic E-state index is -3.16. The highest BCUT2D eigenvalue weighted by atomic mass is 19.2. The summed E-state index contributed by atoms with van der Waals surface area (Å²) in [5, 5.41) is 29.0. The number of hydrogen-bond acceptors (Lipinski definition) is 6. The Morgan fingerprint density at radius 3 is 2.67 bits per heavy atom. The highest BCUT2D eigenvalue weighted by Crippen LogP contribution is 2.47. The van der Waals surface area contributed by atoms with Gasteiger partial charge in [-0.25, -0.2) is 13.6 Å². The van der Waals surface area contributed by atoms with Gasteiger partial charge >= 0.3 is 5.69 Å². The summed E-state index contributed by atoms with van der Waals surface area (Å²) >= 11 is 0. The predicted molar refractivity (Wildman–Crippen MR) is 63.9 cm³/mol. The van der Waals surface area contributed by atoms with Gasteiger partial charge in [-0.15, -0.1) is 0 Å². The maximum atomic E-state index is 14.2. The largest absolute Gasteiger partial charge is 0.390 e. The van der Waals surface area contributed by atoms with Gasteiger partial charge in [0.1, 0.15) is 12.8 Å². The first-order valence-electron chi connectivity index (χ1n) is 6.00. The Hall–Kier alpha value is -1.62. The van der Waals surface area contributed by atoms with Crippen molar-refractivity contribution in [3.05, 3.63) is 33.1 Å². The number of nitrogens with zero attached hydrogens (tertiary/aromatic N) is 1. The molecule has 0 aliphatic carbocycles. The molecule has 0 bridgehead atoms. The molecule has 5 atom stereocenters. The quantitative estimate of drug-likeness (QED) is 0.521. The zero-order valence-corrected chi connectivity index (χ0v) is 10.9. The molecule has 4 N–H and O–H groups in total. The second kappa shape index (κ2) is 4.98. The number of H-pyrrole nitrogens is 1. The van der Waals surface area contributed by atoms with Crippen LogP contribution in [-0.2, 0) is 4.74 Å². The van der Waals surface area contributed by atoms with Gasteiger partial charge in [0.25, 0.3) is 11.4 Å². The molecular formula is C11H14F2N2O6. The van der Waals surface area contributed by atoms with Crippen LogP contribution >= 0.6 is 0 Å². The molecule has 0 saturated carbocycles. The Kier molecular flexibility index (Phi) is 3.74. The maximum absolute atomic E-state index is 14.2.